The van der Waals surface area contributed by atoms with E-state index < -0.39 is 11.8 Å². The van der Waals surface area contributed by atoms with Gasteiger partial charge < -0.3 is 4.57 Å². The van der Waals surface area contributed by atoms with Crippen LogP contribution in [0.3, 0.4) is 0 Å². The number of hydrogen-bond acceptors (Lipinski definition) is 4. The first kappa shape index (κ1) is 33.3. The third-order valence-corrected chi connectivity index (χ3v) is 10.1. The molecule has 1 aliphatic heterocycles. The number of hydrogen-bond donors (Lipinski definition) is 0. The van der Waals surface area contributed by atoms with E-state index in [0.29, 0.717) is 67.2 Å². The van der Waals surface area contributed by atoms with E-state index in [9.17, 15) is 20.1 Å². The van der Waals surface area contributed by atoms with Crippen LogP contribution in [0, 0.1) is 35.8 Å². The van der Waals surface area contributed by atoms with E-state index in [1.807, 2.05) is 89.5 Å². The Labute approximate surface area is 321 Å². The summed E-state index contributed by atoms with van der Waals surface area (Å²) in [5, 5.41) is 21.5. The lowest BCUT2D eigenvalue weighted by Crippen LogP contribution is -2.30. The smallest absolute Gasteiger partial charge is 0.268 e. The van der Waals surface area contributed by atoms with E-state index in [0.717, 1.165) is 21.9 Å². The Morgan fingerprint density at radius 3 is 1.55 bits per heavy atom. The minimum absolute atomic E-state index is 0.212. The monoisotopic (exact) mass is 716 g/mol. The minimum Gasteiger partial charge on any atom is -0.307 e. The highest BCUT2D eigenvalue weighted by molar-refractivity contribution is 6.36. The molecule has 9 rings (SSSR count). The van der Waals surface area contributed by atoms with Gasteiger partial charge in [0, 0.05) is 38.6 Å². The predicted molar refractivity (Wildman–Crippen MR) is 217 cm³/mol. The molecule has 0 fully saturated rings. The first-order valence-corrected chi connectivity index (χ1v) is 17.5. The number of nitrogens with zero attached hydrogens (tertiary/aromatic N) is 6. The van der Waals surface area contributed by atoms with Crippen molar-refractivity contribution in [2.45, 2.75) is 0 Å². The SMILES string of the molecule is [C-]#[N+]c1cc(C#N)cc(-c2cccc3c4cccc(-c5cc(C#N)cc([N+]#[C-])c5)c4n(-c4cccc5c4C(=O)N(c4ccccc4-c4ccccc4)C5=O)c23)c1. The van der Waals surface area contributed by atoms with Gasteiger partial charge in [-0.25, -0.2) is 14.6 Å². The molecule has 0 saturated heterocycles. The predicted octanol–water partition coefficient (Wildman–Crippen LogP) is 11.4. The zero-order valence-corrected chi connectivity index (χ0v) is 29.4. The first-order chi connectivity index (χ1) is 27.4. The molecule has 1 aliphatic rings. The molecule has 8 aromatic rings. The van der Waals surface area contributed by atoms with Crippen molar-refractivity contribution in [1.82, 2.24) is 4.57 Å². The summed E-state index contributed by atoms with van der Waals surface area (Å²) in [7, 11) is 0. The number of carbonyl (C=O) groups is 2. The summed E-state index contributed by atoms with van der Waals surface area (Å²) in [5.74, 6) is -0.944. The van der Waals surface area contributed by atoms with E-state index in [1.165, 1.54) is 17.0 Å². The van der Waals surface area contributed by atoms with Gasteiger partial charge in [0.1, 0.15) is 0 Å². The fourth-order valence-corrected chi connectivity index (χ4v) is 7.82. The van der Waals surface area contributed by atoms with Gasteiger partial charge in [-0.05, 0) is 71.3 Å². The Kier molecular flexibility index (Phi) is 7.81. The zero-order valence-electron chi connectivity index (χ0n) is 29.4. The van der Waals surface area contributed by atoms with Crippen molar-refractivity contribution < 1.29 is 9.59 Å². The summed E-state index contributed by atoms with van der Waals surface area (Å²) < 4.78 is 1.97. The van der Waals surface area contributed by atoms with Crippen molar-refractivity contribution in [3.63, 3.8) is 0 Å². The highest BCUT2D eigenvalue weighted by Crippen LogP contribution is 2.45. The molecule has 8 nitrogen and oxygen atoms in total. The first-order valence-electron chi connectivity index (χ1n) is 17.5. The summed E-state index contributed by atoms with van der Waals surface area (Å²) in [6.07, 6.45) is 0. The molecular formula is C48H24N6O2. The van der Waals surface area contributed by atoms with Gasteiger partial charge in [0.25, 0.3) is 11.8 Å². The molecule has 0 atom stereocenters. The average Bonchev–Trinajstić information content (AvgIpc) is 3.73. The number of nitriles is 2. The van der Waals surface area contributed by atoms with Crippen LogP contribution in [0.4, 0.5) is 17.1 Å². The van der Waals surface area contributed by atoms with E-state index in [2.05, 4.69) is 21.8 Å². The molecule has 0 saturated carbocycles. The lowest BCUT2D eigenvalue weighted by Gasteiger charge is -2.19. The molecule has 0 spiro atoms. The quantitative estimate of drug-likeness (QED) is 0.131. The summed E-state index contributed by atoms with van der Waals surface area (Å²) in [4.78, 5) is 38.0. The van der Waals surface area contributed by atoms with Crippen molar-refractivity contribution in [2.24, 2.45) is 0 Å². The van der Waals surface area contributed by atoms with Crippen LogP contribution in [0.25, 0.3) is 70.6 Å². The summed E-state index contributed by atoms with van der Waals surface area (Å²) in [5.41, 5.74) is 8.19. The highest BCUT2D eigenvalue weighted by atomic mass is 16.2. The molecule has 258 valence electrons. The van der Waals surface area contributed by atoms with E-state index in [1.54, 1.807) is 48.5 Å². The number of rotatable bonds is 5. The van der Waals surface area contributed by atoms with Crippen LogP contribution in [0.5, 0.6) is 0 Å². The molecule has 0 aliphatic carbocycles. The standard InChI is InChI=1S/C48H24N6O2/c1-51-34-23-29(27-49)21-32(25-34)37-14-8-16-39-40-17-9-15-38(33-22-30(28-50)24-35(26-33)52-2)46(40)53(45(37)39)43-20-10-18-41-44(43)48(56)54(47(41)55)42-19-7-6-13-36(42)31-11-4-3-5-12-31/h3-26H. The maximum atomic E-state index is 15.0. The molecule has 56 heavy (non-hydrogen) atoms. The van der Waals surface area contributed by atoms with Crippen LogP contribution in [0.2, 0.25) is 0 Å². The van der Waals surface area contributed by atoms with Gasteiger partial charge in [0.15, 0.2) is 11.4 Å². The van der Waals surface area contributed by atoms with E-state index in [-0.39, 0.29) is 11.1 Å². The van der Waals surface area contributed by atoms with Crippen molar-refractivity contribution in [3.05, 3.63) is 191 Å². The Morgan fingerprint density at radius 1 is 0.482 bits per heavy atom. The number of benzene rings is 7. The van der Waals surface area contributed by atoms with Gasteiger partial charge in [-0.3, -0.25) is 9.59 Å². The second-order valence-electron chi connectivity index (χ2n) is 13.3. The molecule has 0 unspecified atom stereocenters. The molecular weight excluding hydrogens is 693 g/mol. The maximum absolute atomic E-state index is 15.0. The van der Waals surface area contributed by atoms with Crippen molar-refractivity contribution >= 4 is 50.7 Å². The van der Waals surface area contributed by atoms with Crippen LogP contribution < -0.4 is 4.90 Å². The molecule has 1 aromatic heterocycles. The third kappa shape index (κ3) is 5.12. The van der Waals surface area contributed by atoms with Crippen LogP contribution in [-0.2, 0) is 0 Å². The Morgan fingerprint density at radius 2 is 0.982 bits per heavy atom. The maximum Gasteiger partial charge on any atom is 0.268 e. The third-order valence-electron chi connectivity index (χ3n) is 10.1. The lowest BCUT2D eigenvalue weighted by molar-refractivity contribution is 0.0926. The number of para-hydroxylation sites is 3. The van der Waals surface area contributed by atoms with Crippen molar-refractivity contribution in [3.8, 4) is 51.2 Å². The van der Waals surface area contributed by atoms with Crippen LogP contribution in [0.1, 0.15) is 31.8 Å². The van der Waals surface area contributed by atoms with Gasteiger partial charge in [-0.2, -0.15) is 10.5 Å². The molecule has 2 heterocycles. The van der Waals surface area contributed by atoms with E-state index >= 15 is 0 Å². The zero-order chi connectivity index (χ0) is 38.5. The molecule has 0 bridgehead atoms. The summed E-state index contributed by atoms with van der Waals surface area (Å²) >= 11 is 0. The van der Waals surface area contributed by atoms with Crippen LogP contribution in [-0.4, -0.2) is 16.4 Å². The van der Waals surface area contributed by atoms with Gasteiger partial charge in [0.2, 0.25) is 0 Å². The summed E-state index contributed by atoms with van der Waals surface area (Å²) in [6, 6.07) is 48.1. The number of fused-ring (bicyclic) bond motifs is 4. The van der Waals surface area contributed by atoms with Crippen LogP contribution >= 0.6 is 0 Å². The largest absolute Gasteiger partial charge is 0.307 e. The van der Waals surface area contributed by atoms with Crippen LogP contribution in [0.15, 0.2) is 146 Å². The topological polar surface area (TPSA) is 98.6 Å². The van der Waals surface area contributed by atoms with E-state index in [4.69, 9.17) is 13.1 Å². The number of carbonyl (C=O) groups excluding carboxylic acids is 2. The van der Waals surface area contributed by atoms with Crippen molar-refractivity contribution in [1.29, 1.82) is 10.5 Å². The summed E-state index contributed by atoms with van der Waals surface area (Å²) in [6.45, 7) is 15.5. The molecule has 0 radical (unpaired) electrons. The normalized spacial score (nSPS) is 11.9. The number of imide groups is 1. The number of anilines is 1. The van der Waals surface area contributed by atoms with Gasteiger partial charge in [0.05, 0.1) is 58.8 Å². The molecule has 7 aromatic carbocycles. The fourth-order valence-electron chi connectivity index (χ4n) is 7.82. The van der Waals surface area contributed by atoms with Crippen molar-refractivity contribution in [2.75, 3.05) is 4.90 Å². The Hall–Kier alpha value is -8.56. The van der Waals surface area contributed by atoms with Gasteiger partial charge in [-0.15, -0.1) is 0 Å². The molecule has 8 heteroatoms. The minimum atomic E-state index is -0.488. The fraction of sp³-hybridized carbons (Fsp3) is 0. The molecule has 0 N–H and O–H groups in total. The Bertz CT molecular complexity index is 2990. The number of amides is 2. The van der Waals surface area contributed by atoms with Gasteiger partial charge >= 0.3 is 0 Å². The average molecular weight is 717 g/mol. The second-order valence-corrected chi connectivity index (χ2v) is 13.3. The second kappa shape index (κ2) is 13.1. The molecule has 2 amide bonds. The highest BCUT2D eigenvalue weighted by Gasteiger charge is 2.40. The Balaban J connectivity index is 1.39. The number of aromatic nitrogens is 1. The van der Waals surface area contributed by atoms with Gasteiger partial charge in [-0.1, -0.05) is 91.0 Å². The lowest BCUT2D eigenvalue weighted by atomic mass is 9.98.